The molecule has 2 aliphatic rings. The highest BCUT2D eigenvalue weighted by Gasteiger charge is 2.54. The number of benzene rings is 2. The number of hydrogen-bond donors (Lipinski definition) is 0. The fourth-order valence-corrected chi connectivity index (χ4v) is 4.79. The molecular formula is C26H32O5. The standard InChI is InChI=1S/C26H32O5/c1-25(2,3)31-22(27)18-28-23-24-29-17-21(30-24)16-26(23,14-19-10-6-4-7-11-19)15-20-12-8-5-9-13-20/h4-13,21,23-24H,14-18H2,1-3H3/t21-,23+,24+/m0/s1. The van der Waals surface area contributed by atoms with E-state index in [1.54, 1.807) is 0 Å². The Hall–Kier alpha value is -2.21. The summed E-state index contributed by atoms with van der Waals surface area (Å²) in [5, 5.41) is 0. The summed E-state index contributed by atoms with van der Waals surface area (Å²) in [7, 11) is 0. The number of ether oxygens (including phenoxy) is 4. The predicted molar refractivity (Wildman–Crippen MR) is 118 cm³/mol. The smallest absolute Gasteiger partial charge is 0.332 e. The van der Waals surface area contributed by atoms with Crippen LogP contribution in [0, 0.1) is 5.41 Å². The van der Waals surface area contributed by atoms with Crippen LogP contribution in [-0.4, -0.2) is 43.3 Å². The highest BCUT2D eigenvalue weighted by molar-refractivity contribution is 5.71. The first-order valence-electron chi connectivity index (χ1n) is 11.0. The van der Waals surface area contributed by atoms with Crippen molar-refractivity contribution >= 4 is 5.97 Å². The third-order valence-corrected chi connectivity index (χ3v) is 5.86. The zero-order valence-corrected chi connectivity index (χ0v) is 18.6. The van der Waals surface area contributed by atoms with Gasteiger partial charge < -0.3 is 18.9 Å². The van der Waals surface area contributed by atoms with Crippen molar-refractivity contribution in [3.63, 3.8) is 0 Å². The fourth-order valence-electron chi connectivity index (χ4n) is 4.79. The molecule has 5 nitrogen and oxygen atoms in total. The number of carbonyl (C=O) groups excluding carboxylic acids is 1. The second kappa shape index (κ2) is 9.11. The molecule has 2 fully saturated rings. The van der Waals surface area contributed by atoms with Gasteiger partial charge in [0, 0.05) is 5.41 Å². The average molecular weight is 425 g/mol. The molecule has 2 saturated heterocycles. The van der Waals surface area contributed by atoms with Gasteiger partial charge in [-0.15, -0.1) is 0 Å². The van der Waals surface area contributed by atoms with Crippen molar-refractivity contribution in [3.05, 3.63) is 71.8 Å². The van der Waals surface area contributed by atoms with Crippen LogP contribution in [-0.2, 0) is 36.6 Å². The Bertz CT molecular complexity index is 817. The molecule has 2 aromatic carbocycles. The molecular weight excluding hydrogens is 392 g/mol. The van der Waals surface area contributed by atoms with Gasteiger partial charge >= 0.3 is 5.97 Å². The molecule has 0 aliphatic carbocycles. The van der Waals surface area contributed by atoms with Gasteiger partial charge in [-0.3, -0.25) is 0 Å². The molecule has 2 bridgehead atoms. The van der Waals surface area contributed by atoms with E-state index >= 15 is 0 Å². The van der Waals surface area contributed by atoms with Crippen molar-refractivity contribution in [2.24, 2.45) is 5.41 Å². The van der Waals surface area contributed by atoms with Gasteiger partial charge in [0.2, 0.25) is 0 Å². The predicted octanol–water partition coefficient (Wildman–Crippen LogP) is 4.33. The summed E-state index contributed by atoms with van der Waals surface area (Å²) in [5.74, 6) is -0.374. The van der Waals surface area contributed by atoms with E-state index < -0.39 is 11.9 Å². The van der Waals surface area contributed by atoms with Crippen molar-refractivity contribution in [2.45, 2.75) is 64.1 Å². The Labute approximate surface area is 184 Å². The molecule has 0 aromatic heterocycles. The lowest BCUT2D eigenvalue weighted by Crippen LogP contribution is -2.53. The van der Waals surface area contributed by atoms with Gasteiger partial charge in [0.25, 0.3) is 0 Å². The molecule has 5 heteroatoms. The van der Waals surface area contributed by atoms with Crippen LogP contribution in [0.3, 0.4) is 0 Å². The lowest BCUT2D eigenvalue weighted by molar-refractivity contribution is -0.228. The van der Waals surface area contributed by atoms with Crippen molar-refractivity contribution in [2.75, 3.05) is 13.2 Å². The van der Waals surface area contributed by atoms with Crippen LogP contribution in [0.15, 0.2) is 60.7 Å². The van der Waals surface area contributed by atoms with Crippen LogP contribution < -0.4 is 0 Å². The summed E-state index contributed by atoms with van der Waals surface area (Å²) in [6.07, 6.45) is 1.64. The summed E-state index contributed by atoms with van der Waals surface area (Å²) in [6, 6.07) is 20.9. The molecule has 0 unspecified atom stereocenters. The van der Waals surface area contributed by atoms with Crippen LogP contribution in [0.4, 0.5) is 0 Å². The van der Waals surface area contributed by atoms with Crippen LogP contribution >= 0.6 is 0 Å². The lowest BCUT2D eigenvalue weighted by Gasteiger charge is -2.46. The Balaban J connectivity index is 1.62. The third kappa shape index (κ3) is 5.53. The summed E-state index contributed by atoms with van der Waals surface area (Å²) >= 11 is 0. The van der Waals surface area contributed by atoms with E-state index in [2.05, 4.69) is 48.5 Å². The van der Waals surface area contributed by atoms with E-state index in [1.807, 2.05) is 32.9 Å². The van der Waals surface area contributed by atoms with Crippen LogP contribution in [0.25, 0.3) is 0 Å². The molecule has 2 heterocycles. The molecule has 0 N–H and O–H groups in total. The maximum atomic E-state index is 12.4. The highest BCUT2D eigenvalue weighted by atomic mass is 16.7. The summed E-state index contributed by atoms with van der Waals surface area (Å²) < 4.78 is 23.8. The minimum Gasteiger partial charge on any atom is -0.458 e. The SMILES string of the molecule is CC(C)(C)OC(=O)CO[C@@H]1[C@@H]2OC[C@H](CC1(Cc1ccccc1)Cc1ccccc1)O2. The maximum absolute atomic E-state index is 12.4. The van der Waals surface area contributed by atoms with Crippen molar-refractivity contribution < 1.29 is 23.7 Å². The van der Waals surface area contributed by atoms with E-state index in [1.165, 1.54) is 11.1 Å². The number of esters is 1. The molecule has 0 spiro atoms. The minimum atomic E-state index is -0.552. The van der Waals surface area contributed by atoms with Gasteiger partial charge in [-0.1, -0.05) is 60.7 Å². The van der Waals surface area contributed by atoms with Crippen molar-refractivity contribution in [3.8, 4) is 0 Å². The normalized spacial score (nSPS) is 24.7. The first-order chi connectivity index (χ1) is 14.8. The second-order valence-corrected chi connectivity index (χ2v) is 9.67. The molecule has 0 radical (unpaired) electrons. The Morgan fingerprint density at radius 3 is 2.13 bits per heavy atom. The quantitative estimate of drug-likeness (QED) is 0.619. The molecule has 2 aliphatic heterocycles. The minimum absolute atomic E-state index is 0.0406. The van der Waals surface area contributed by atoms with Gasteiger partial charge in [0.1, 0.15) is 18.3 Å². The third-order valence-electron chi connectivity index (χ3n) is 5.86. The van der Waals surface area contributed by atoms with E-state index in [-0.39, 0.29) is 30.2 Å². The monoisotopic (exact) mass is 424 g/mol. The van der Waals surface area contributed by atoms with Crippen molar-refractivity contribution in [1.29, 1.82) is 0 Å². The number of fused-ring (bicyclic) bond motifs is 2. The largest absolute Gasteiger partial charge is 0.458 e. The second-order valence-electron chi connectivity index (χ2n) is 9.67. The van der Waals surface area contributed by atoms with Gasteiger partial charge in [-0.05, 0) is 51.2 Å². The van der Waals surface area contributed by atoms with Gasteiger partial charge in [0.05, 0.1) is 12.7 Å². The molecule has 0 saturated carbocycles. The van der Waals surface area contributed by atoms with Crippen LogP contribution in [0.5, 0.6) is 0 Å². The van der Waals surface area contributed by atoms with Crippen LogP contribution in [0.1, 0.15) is 38.3 Å². The lowest BCUT2D eigenvalue weighted by atomic mass is 9.67. The topological polar surface area (TPSA) is 54.0 Å². The summed E-state index contributed by atoms with van der Waals surface area (Å²) in [6.45, 7) is 6.00. The zero-order chi connectivity index (χ0) is 21.9. The number of rotatable bonds is 7. The van der Waals surface area contributed by atoms with Gasteiger partial charge in [-0.2, -0.15) is 0 Å². The molecule has 3 atom stereocenters. The highest BCUT2D eigenvalue weighted by Crippen LogP contribution is 2.47. The summed E-state index contributed by atoms with van der Waals surface area (Å²) in [5.41, 5.74) is 1.68. The Morgan fingerprint density at radius 1 is 1.00 bits per heavy atom. The van der Waals surface area contributed by atoms with Gasteiger partial charge in [-0.25, -0.2) is 4.79 Å². The molecule has 2 aromatic rings. The van der Waals surface area contributed by atoms with E-state index in [9.17, 15) is 4.79 Å². The van der Waals surface area contributed by atoms with E-state index in [0.717, 1.165) is 19.3 Å². The number of carbonyl (C=O) groups is 1. The molecule has 166 valence electrons. The maximum Gasteiger partial charge on any atom is 0.332 e. The van der Waals surface area contributed by atoms with E-state index in [0.29, 0.717) is 6.61 Å². The Morgan fingerprint density at radius 2 is 1.58 bits per heavy atom. The summed E-state index contributed by atoms with van der Waals surface area (Å²) in [4.78, 5) is 12.4. The Kier molecular flexibility index (Phi) is 6.47. The molecule has 0 amide bonds. The number of hydrogen-bond acceptors (Lipinski definition) is 5. The molecule has 31 heavy (non-hydrogen) atoms. The molecule has 4 rings (SSSR count). The average Bonchev–Trinajstić information content (AvgIpc) is 3.10. The fraction of sp³-hybridized carbons (Fsp3) is 0.500. The van der Waals surface area contributed by atoms with Crippen LogP contribution in [0.2, 0.25) is 0 Å². The van der Waals surface area contributed by atoms with Crippen molar-refractivity contribution in [1.82, 2.24) is 0 Å². The zero-order valence-electron chi connectivity index (χ0n) is 18.6. The van der Waals surface area contributed by atoms with Gasteiger partial charge in [0.15, 0.2) is 6.29 Å². The first kappa shape index (κ1) is 22.0. The first-order valence-corrected chi connectivity index (χ1v) is 11.0. The van der Waals surface area contributed by atoms with E-state index in [4.69, 9.17) is 18.9 Å².